The highest BCUT2D eigenvalue weighted by Gasteiger charge is 2.53. The van der Waals surface area contributed by atoms with E-state index in [1.54, 1.807) is 31.3 Å². The predicted octanol–water partition coefficient (Wildman–Crippen LogP) is -0.0787. The highest BCUT2D eigenvalue weighted by atomic mass is 16.5. The van der Waals surface area contributed by atoms with Gasteiger partial charge in [-0.1, -0.05) is 12.1 Å². The van der Waals surface area contributed by atoms with Gasteiger partial charge in [-0.2, -0.15) is 15.0 Å². The second kappa shape index (κ2) is 10.3. The van der Waals surface area contributed by atoms with Gasteiger partial charge in [-0.25, -0.2) is 4.79 Å². The maximum atomic E-state index is 12.5. The zero-order valence-electron chi connectivity index (χ0n) is 23.3. The first kappa shape index (κ1) is 27.4. The fraction of sp³-hybridized carbons (Fsp3) is 0.400. The van der Waals surface area contributed by atoms with Crippen molar-refractivity contribution in [2.75, 3.05) is 13.1 Å². The molecule has 7 N–H and O–H groups in total. The molecule has 12 heteroatoms. The molecular formula is C30H33N8O4+. The number of carbonyl (C=O) groups excluding carboxylic acids is 2. The third kappa shape index (κ3) is 4.46. The van der Waals surface area contributed by atoms with E-state index in [0.29, 0.717) is 67.1 Å². The largest absolute Gasteiger partial charge is 0.459 e. The van der Waals surface area contributed by atoms with E-state index in [4.69, 9.17) is 21.4 Å². The van der Waals surface area contributed by atoms with E-state index in [0.717, 1.165) is 35.1 Å². The van der Waals surface area contributed by atoms with Crippen LogP contribution < -0.4 is 22.5 Å². The van der Waals surface area contributed by atoms with Gasteiger partial charge in [0, 0.05) is 30.6 Å². The van der Waals surface area contributed by atoms with Crippen LogP contribution in [0.3, 0.4) is 0 Å². The number of nitrogens with one attached hydrogen (secondary N) is 1. The molecule has 3 atom stereocenters. The molecule has 3 aromatic rings. The first-order chi connectivity index (χ1) is 20.1. The SMILES string of the molecule is Cn1oc(=O)nc1C1(CC[NH2+]CC(=N)N2C(C#N)CC3CC32)c2ccc(C(N)=O)cc2CCc2cc(C(N)=O)ccc21. The normalized spacial score (nSPS) is 21.4. The van der Waals surface area contributed by atoms with Gasteiger partial charge in [-0.3, -0.25) is 15.0 Å². The Balaban J connectivity index is 1.42. The second-order valence-corrected chi connectivity index (χ2v) is 11.5. The lowest BCUT2D eigenvalue weighted by molar-refractivity contribution is -0.643. The van der Waals surface area contributed by atoms with Crippen LogP contribution in [0.15, 0.2) is 45.7 Å². The van der Waals surface area contributed by atoms with Gasteiger partial charge in [0.1, 0.15) is 12.6 Å². The Kier molecular flexibility index (Phi) is 6.69. The molecule has 2 heterocycles. The summed E-state index contributed by atoms with van der Waals surface area (Å²) in [5, 5.41) is 20.3. The van der Waals surface area contributed by atoms with Crippen molar-refractivity contribution < 1.29 is 19.4 Å². The Labute approximate surface area is 241 Å². The summed E-state index contributed by atoms with van der Waals surface area (Å²) < 4.78 is 6.74. The summed E-state index contributed by atoms with van der Waals surface area (Å²) in [6.07, 6.45) is 3.43. The first-order valence-electron chi connectivity index (χ1n) is 14.1. The molecule has 0 bridgehead atoms. The molecule has 1 saturated carbocycles. The number of fused-ring (bicyclic) bond motifs is 3. The minimum atomic E-state index is -0.989. The van der Waals surface area contributed by atoms with Crippen molar-refractivity contribution in [3.63, 3.8) is 0 Å². The molecule has 1 aromatic heterocycles. The highest BCUT2D eigenvalue weighted by Crippen LogP contribution is 2.48. The van der Waals surface area contributed by atoms with Crippen LogP contribution in [0.2, 0.25) is 0 Å². The summed E-state index contributed by atoms with van der Waals surface area (Å²) in [6, 6.07) is 13.0. The number of amidine groups is 1. The van der Waals surface area contributed by atoms with Crippen molar-refractivity contribution in [2.24, 2.45) is 24.4 Å². The number of piperidine rings is 1. The van der Waals surface area contributed by atoms with Crippen molar-refractivity contribution in [3.05, 3.63) is 86.2 Å². The van der Waals surface area contributed by atoms with E-state index >= 15 is 0 Å². The van der Waals surface area contributed by atoms with E-state index in [1.165, 1.54) is 4.74 Å². The first-order valence-corrected chi connectivity index (χ1v) is 14.1. The number of hydrogen-bond donors (Lipinski definition) is 4. The van der Waals surface area contributed by atoms with Crippen molar-refractivity contribution >= 4 is 17.6 Å². The van der Waals surface area contributed by atoms with Crippen LogP contribution in [-0.2, 0) is 25.3 Å². The molecule has 12 nitrogen and oxygen atoms in total. The molecule has 3 unspecified atom stereocenters. The molecule has 2 aromatic carbocycles. The van der Waals surface area contributed by atoms with Crippen LogP contribution >= 0.6 is 0 Å². The van der Waals surface area contributed by atoms with Crippen LogP contribution in [0.4, 0.5) is 0 Å². The zero-order valence-corrected chi connectivity index (χ0v) is 23.3. The number of rotatable bonds is 8. The minimum Gasteiger partial charge on any atom is -0.366 e. The molecule has 2 aliphatic carbocycles. The number of hydrogen-bond acceptors (Lipinski definition) is 7. The second-order valence-electron chi connectivity index (χ2n) is 11.5. The van der Waals surface area contributed by atoms with Crippen LogP contribution in [0.1, 0.15) is 68.1 Å². The summed E-state index contributed by atoms with van der Waals surface area (Å²) in [7, 11) is 1.63. The highest BCUT2D eigenvalue weighted by molar-refractivity contribution is 5.94. The number of nitriles is 1. The van der Waals surface area contributed by atoms with Gasteiger partial charge in [-0.05, 0) is 78.1 Å². The Hall–Kier alpha value is -4.76. The molecular weight excluding hydrogens is 536 g/mol. The Morgan fingerprint density at radius 2 is 1.74 bits per heavy atom. The summed E-state index contributed by atoms with van der Waals surface area (Å²) in [4.78, 5) is 43.0. The topological polar surface area (TPSA) is 202 Å². The summed E-state index contributed by atoms with van der Waals surface area (Å²) >= 11 is 0. The average molecular weight is 570 g/mol. The van der Waals surface area contributed by atoms with Crippen molar-refractivity contribution in [2.45, 2.75) is 49.6 Å². The molecule has 1 aliphatic heterocycles. The van der Waals surface area contributed by atoms with E-state index in [1.807, 2.05) is 22.3 Å². The van der Waals surface area contributed by atoms with Gasteiger partial charge < -0.3 is 26.2 Å². The fourth-order valence-electron chi connectivity index (χ4n) is 7.10. The number of benzene rings is 2. The van der Waals surface area contributed by atoms with E-state index < -0.39 is 23.0 Å². The molecule has 3 aliphatic rings. The fourth-order valence-corrected chi connectivity index (χ4v) is 7.10. The number of nitrogens with two attached hydrogens (primary N) is 3. The molecule has 216 valence electrons. The molecule has 2 fully saturated rings. The number of carbonyl (C=O) groups is 2. The number of amides is 2. The van der Waals surface area contributed by atoms with Crippen LogP contribution in [0.25, 0.3) is 0 Å². The molecule has 0 radical (unpaired) electrons. The minimum absolute atomic E-state index is 0.245. The quantitative estimate of drug-likeness (QED) is 0.165. The number of quaternary nitrogens is 1. The number of likely N-dealkylation sites (tertiary alicyclic amines) is 1. The standard InChI is InChI=1S/C30H32N8O4/c1-37-28(36-29(41)42-37)30(8-9-35-15-25(32)38-21(14-31)12-20-13-24(20)38)22-6-4-18(26(33)39)10-16(22)2-3-17-11-19(27(34)40)5-7-23(17)30/h4-7,10-11,20-21,24,32,35H,2-3,8-9,12-13,15H2,1H3,(H2,33,39)(H2,34,40)/p+1. The average Bonchev–Trinajstić information content (AvgIpc) is 3.54. The van der Waals surface area contributed by atoms with E-state index in [9.17, 15) is 19.6 Å². The molecule has 6 rings (SSSR count). The Morgan fingerprint density at radius 3 is 2.26 bits per heavy atom. The van der Waals surface area contributed by atoms with Gasteiger partial charge in [-0.15, -0.1) is 0 Å². The van der Waals surface area contributed by atoms with Crippen LogP contribution in [0, 0.1) is 22.7 Å². The van der Waals surface area contributed by atoms with Crippen LogP contribution in [0.5, 0.6) is 0 Å². The third-order valence-electron chi connectivity index (χ3n) is 9.08. The summed E-state index contributed by atoms with van der Waals surface area (Å²) in [5.41, 5.74) is 14.5. The molecule has 2 amide bonds. The lowest BCUT2D eigenvalue weighted by Gasteiger charge is -2.35. The molecule has 1 saturated heterocycles. The van der Waals surface area contributed by atoms with Gasteiger partial charge in [0.05, 0.1) is 18.0 Å². The maximum absolute atomic E-state index is 12.5. The van der Waals surface area contributed by atoms with Crippen molar-refractivity contribution in [1.29, 1.82) is 10.7 Å². The van der Waals surface area contributed by atoms with Gasteiger partial charge in [0.15, 0.2) is 11.7 Å². The Morgan fingerprint density at radius 1 is 1.12 bits per heavy atom. The van der Waals surface area contributed by atoms with E-state index in [2.05, 4.69) is 11.1 Å². The van der Waals surface area contributed by atoms with Crippen molar-refractivity contribution in [3.8, 4) is 6.07 Å². The number of aromatic nitrogens is 2. The summed E-state index contributed by atoms with van der Waals surface area (Å²) in [5.74, 6) is -0.476. The lowest BCUT2D eigenvalue weighted by atomic mass is 9.69. The smallest absolute Gasteiger partial charge is 0.366 e. The monoisotopic (exact) mass is 569 g/mol. The zero-order chi connectivity index (χ0) is 29.8. The molecule has 0 spiro atoms. The Bertz CT molecular complexity index is 1650. The number of nitrogens with zero attached hydrogens (tertiary/aromatic N) is 4. The summed E-state index contributed by atoms with van der Waals surface area (Å²) in [6.45, 7) is 0.937. The lowest BCUT2D eigenvalue weighted by Crippen LogP contribution is -2.87. The van der Waals surface area contributed by atoms with Crippen LogP contribution in [-0.4, -0.2) is 57.4 Å². The third-order valence-corrected chi connectivity index (χ3v) is 9.08. The van der Waals surface area contributed by atoms with E-state index in [-0.39, 0.29) is 6.04 Å². The van der Waals surface area contributed by atoms with Gasteiger partial charge in [0.25, 0.3) is 0 Å². The van der Waals surface area contributed by atoms with Crippen molar-refractivity contribution in [1.82, 2.24) is 14.6 Å². The molecule has 42 heavy (non-hydrogen) atoms. The number of aryl methyl sites for hydroxylation is 3. The predicted molar refractivity (Wildman–Crippen MR) is 151 cm³/mol. The van der Waals surface area contributed by atoms with Gasteiger partial charge >= 0.3 is 5.76 Å². The number of primary amides is 2. The van der Waals surface area contributed by atoms with Gasteiger partial charge in [0.2, 0.25) is 11.8 Å². The maximum Gasteiger partial charge on any atom is 0.459 e.